The molecule has 0 saturated carbocycles. The molecular formula is C21H23FN4O2S2. The molecule has 1 aliphatic heterocycles. The summed E-state index contributed by atoms with van der Waals surface area (Å²) in [7, 11) is -3.71. The molecule has 1 saturated heterocycles. The van der Waals surface area contributed by atoms with Gasteiger partial charge in [-0.3, -0.25) is 0 Å². The van der Waals surface area contributed by atoms with Gasteiger partial charge in [0.1, 0.15) is 22.8 Å². The van der Waals surface area contributed by atoms with Gasteiger partial charge in [-0.05, 0) is 48.9 Å². The Labute approximate surface area is 179 Å². The molecule has 2 aliphatic rings. The summed E-state index contributed by atoms with van der Waals surface area (Å²) in [6, 6.07) is 5.20. The van der Waals surface area contributed by atoms with Gasteiger partial charge in [-0.15, -0.1) is 11.3 Å². The van der Waals surface area contributed by atoms with Crippen molar-refractivity contribution < 1.29 is 12.8 Å². The molecule has 0 spiro atoms. The maximum absolute atomic E-state index is 13.5. The van der Waals surface area contributed by atoms with E-state index in [-0.39, 0.29) is 4.90 Å². The Morgan fingerprint density at radius 1 is 1.17 bits per heavy atom. The first kappa shape index (κ1) is 19.8. The zero-order chi connectivity index (χ0) is 20.9. The summed E-state index contributed by atoms with van der Waals surface area (Å²) in [5, 5.41) is 1.14. The molecule has 30 heavy (non-hydrogen) atoms. The number of fused-ring (bicyclic) bond motifs is 3. The molecule has 0 amide bonds. The van der Waals surface area contributed by atoms with E-state index in [0.717, 1.165) is 34.9 Å². The fourth-order valence-electron chi connectivity index (χ4n) is 4.41. The van der Waals surface area contributed by atoms with Crippen LogP contribution < -0.4 is 4.90 Å². The molecule has 0 radical (unpaired) electrons. The average Bonchev–Trinajstić information content (AvgIpc) is 3.11. The third-order valence-corrected chi connectivity index (χ3v) is 9.10. The average molecular weight is 447 g/mol. The lowest BCUT2D eigenvalue weighted by atomic mass is 9.89. The van der Waals surface area contributed by atoms with Gasteiger partial charge in [-0.2, -0.15) is 4.31 Å². The summed E-state index contributed by atoms with van der Waals surface area (Å²) < 4.78 is 40.7. The molecule has 158 valence electrons. The summed E-state index contributed by atoms with van der Waals surface area (Å²) in [5.41, 5.74) is 1.37. The topological polar surface area (TPSA) is 66.4 Å². The second-order valence-electron chi connectivity index (χ2n) is 8.08. The lowest BCUT2D eigenvalue weighted by Gasteiger charge is -2.35. The van der Waals surface area contributed by atoms with Crippen LogP contribution in [0.5, 0.6) is 0 Å². The molecule has 3 aromatic rings. The van der Waals surface area contributed by atoms with Gasteiger partial charge in [0.25, 0.3) is 0 Å². The second kappa shape index (κ2) is 7.55. The van der Waals surface area contributed by atoms with Crippen molar-refractivity contribution in [2.24, 2.45) is 5.92 Å². The first-order chi connectivity index (χ1) is 14.4. The van der Waals surface area contributed by atoms with Crippen LogP contribution in [0.1, 0.15) is 23.8 Å². The van der Waals surface area contributed by atoms with Crippen LogP contribution >= 0.6 is 11.3 Å². The molecule has 5 rings (SSSR count). The number of hydrogen-bond acceptors (Lipinski definition) is 6. The number of rotatable bonds is 3. The predicted molar refractivity (Wildman–Crippen MR) is 116 cm³/mol. The second-order valence-corrected chi connectivity index (χ2v) is 11.1. The van der Waals surface area contributed by atoms with E-state index in [4.69, 9.17) is 0 Å². The lowest BCUT2D eigenvalue weighted by molar-refractivity contribution is 0.384. The summed E-state index contributed by atoms with van der Waals surface area (Å²) in [5.74, 6) is 1.06. The smallest absolute Gasteiger partial charge is 0.243 e. The predicted octanol–water partition coefficient (Wildman–Crippen LogP) is 3.47. The van der Waals surface area contributed by atoms with E-state index >= 15 is 0 Å². The van der Waals surface area contributed by atoms with Crippen molar-refractivity contribution in [1.29, 1.82) is 0 Å². The van der Waals surface area contributed by atoms with E-state index in [9.17, 15) is 12.8 Å². The van der Waals surface area contributed by atoms with Gasteiger partial charge in [0.2, 0.25) is 10.0 Å². The minimum atomic E-state index is -3.71. The molecule has 2 aromatic heterocycles. The highest BCUT2D eigenvalue weighted by Crippen LogP contribution is 2.40. The minimum absolute atomic E-state index is 0.00130. The van der Waals surface area contributed by atoms with E-state index in [1.807, 2.05) is 0 Å². The Morgan fingerprint density at radius 3 is 2.73 bits per heavy atom. The first-order valence-corrected chi connectivity index (χ1v) is 12.4. The van der Waals surface area contributed by atoms with Crippen LogP contribution in [-0.2, 0) is 22.9 Å². The maximum atomic E-state index is 13.5. The van der Waals surface area contributed by atoms with Gasteiger partial charge in [-0.25, -0.2) is 22.8 Å². The van der Waals surface area contributed by atoms with Crippen molar-refractivity contribution in [3.05, 3.63) is 46.9 Å². The summed E-state index contributed by atoms with van der Waals surface area (Å²) in [6.07, 6.45) is 4.92. The van der Waals surface area contributed by atoms with Crippen molar-refractivity contribution in [2.75, 3.05) is 31.1 Å². The van der Waals surface area contributed by atoms with Gasteiger partial charge >= 0.3 is 0 Å². The van der Waals surface area contributed by atoms with Gasteiger partial charge in [0.15, 0.2) is 0 Å². The quantitative estimate of drug-likeness (QED) is 0.616. The number of aromatic nitrogens is 2. The molecule has 6 nitrogen and oxygen atoms in total. The number of nitrogens with zero attached hydrogens (tertiary/aromatic N) is 4. The Kier molecular flexibility index (Phi) is 4.99. The van der Waals surface area contributed by atoms with Gasteiger partial charge in [-0.1, -0.05) is 13.0 Å². The third kappa shape index (κ3) is 3.38. The molecule has 0 bridgehead atoms. The summed E-state index contributed by atoms with van der Waals surface area (Å²) in [4.78, 5) is 13.7. The fourth-order valence-corrected chi connectivity index (χ4v) is 7.21. The number of hydrogen-bond donors (Lipinski definition) is 0. The number of benzene rings is 1. The molecular weight excluding hydrogens is 423 g/mol. The van der Waals surface area contributed by atoms with Crippen molar-refractivity contribution in [2.45, 2.75) is 31.1 Å². The Bertz CT molecular complexity index is 1200. The van der Waals surface area contributed by atoms with Crippen molar-refractivity contribution in [1.82, 2.24) is 14.3 Å². The number of anilines is 1. The van der Waals surface area contributed by atoms with Gasteiger partial charge < -0.3 is 4.90 Å². The normalized spacial score (nSPS) is 20.5. The summed E-state index contributed by atoms with van der Waals surface area (Å²) >= 11 is 1.77. The highest BCUT2D eigenvalue weighted by Gasteiger charge is 2.31. The van der Waals surface area contributed by atoms with Crippen LogP contribution in [0.2, 0.25) is 0 Å². The molecule has 0 unspecified atom stereocenters. The van der Waals surface area contributed by atoms with E-state index in [2.05, 4.69) is 21.8 Å². The molecule has 1 aromatic carbocycles. The van der Waals surface area contributed by atoms with Crippen LogP contribution in [0.25, 0.3) is 10.2 Å². The highest BCUT2D eigenvalue weighted by atomic mass is 32.2. The number of aryl methyl sites for hydroxylation is 1. The van der Waals surface area contributed by atoms with Crippen molar-refractivity contribution >= 4 is 37.4 Å². The summed E-state index contributed by atoms with van der Waals surface area (Å²) in [6.45, 7) is 4.06. The van der Waals surface area contributed by atoms with Gasteiger partial charge in [0.05, 0.1) is 10.3 Å². The number of halogens is 1. The highest BCUT2D eigenvalue weighted by molar-refractivity contribution is 7.89. The SMILES string of the molecule is C[C@H]1CCc2c(sc3ncnc(N4CCN(S(=O)(=O)c5cccc(F)c5)CC4)c23)C1. The maximum Gasteiger partial charge on any atom is 0.243 e. The van der Waals surface area contributed by atoms with Crippen LogP contribution in [0, 0.1) is 11.7 Å². The Morgan fingerprint density at radius 2 is 1.97 bits per heavy atom. The molecule has 1 aliphatic carbocycles. The standard InChI is InChI=1S/C21H23FN4O2S2/c1-14-5-6-17-18(11-14)29-21-19(17)20(23-13-24-21)25-7-9-26(10-8-25)30(27,28)16-4-2-3-15(22)12-16/h2-4,12-14H,5-11H2,1H3/t14-/m0/s1. The monoisotopic (exact) mass is 446 g/mol. The number of thiophene rings is 1. The van der Waals surface area contributed by atoms with Crippen LogP contribution in [0.4, 0.5) is 10.2 Å². The number of sulfonamides is 1. The zero-order valence-electron chi connectivity index (χ0n) is 16.7. The molecule has 1 atom stereocenters. The minimum Gasteiger partial charge on any atom is -0.353 e. The zero-order valence-corrected chi connectivity index (χ0v) is 18.3. The van der Waals surface area contributed by atoms with E-state index in [1.165, 1.54) is 39.4 Å². The first-order valence-electron chi connectivity index (χ1n) is 10.2. The lowest BCUT2D eigenvalue weighted by Crippen LogP contribution is -2.49. The van der Waals surface area contributed by atoms with E-state index < -0.39 is 15.8 Å². The van der Waals surface area contributed by atoms with Crippen LogP contribution in [0.15, 0.2) is 35.5 Å². The van der Waals surface area contributed by atoms with E-state index in [1.54, 1.807) is 17.7 Å². The Hall–Kier alpha value is -2.10. The molecule has 1 fully saturated rings. The van der Waals surface area contributed by atoms with Crippen molar-refractivity contribution in [3.8, 4) is 0 Å². The fraction of sp³-hybridized carbons (Fsp3) is 0.429. The third-order valence-electron chi connectivity index (χ3n) is 6.04. The van der Waals surface area contributed by atoms with E-state index in [0.29, 0.717) is 32.1 Å². The molecule has 9 heteroatoms. The van der Waals surface area contributed by atoms with Crippen LogP contribution in [0.3, 0.4) is 0 Å². The Balaban J connectivity index is 1.40. The van der Waals surface area contributed by atoms with Crippen molar-refractivity contribution in [3.63, 3.8) is 0 Å². The molecule has 3 heterocycles. The number of piperazine rings is 1. The largest absolute Gasteiger partial charge is 0.353 e. The molecule has 0 N–H and O–H groups in total. The van der Waals surface area contributed by atoms with Crippen LogP contribution in [-0.4, -0.2) is 48.9 Å². The van der Waals surface area contributed by atoms with Gasteiger partial charge in [0, 0.05) is 31.1 Å².